The summed E-state index contributed by atoms with van der Waals surface area (Å²) in [4.78, 5) is 1.35. The van der Waals surface area contributed by atoms with Crippen molar-refractivity contribution in [3.8, 4) is 0 Å². The Hall–Kier alpha value is -1.19. The fourth-order valence-electron chi connectivity index (χ4n) is 1.72. The molecule has 0 bridgehead atoms. The van der Waals surface area contributed by atoms with E-state index in [9.17, 15) is 4.39 Å². The van der Waals surface area contributed by atoms with Crippen molar-refractivity contribution >= 4 is 11.3 Å². The third-order valence-electron chi connectivity index (χ3n) is 2.75. The van der Waals surface area contributed by atoms with Crippen LogP contribution in [0.25, 0.3) is 0 Å². The largest absolute Gasteiger partial charge is 0.309 e. The van der Waals surface area contributed by atoms with Gasteiger partial charge in [0.15, 0.2) is 0 Å². The topological polar surface area (TPSA) is 12.0 Å². The summed E-state index contributed by atoms with van der Waals surface area (Å²) >= 11 is 1.77. The van der Waals surface area contributed by atoms with E-state index >= 15 is 0 Å². The smallest absolute Gasteiger partial charge is 0.123 e. The van der Waals surface area contributed by atoms with Gasteiger partial charge in [0.05, 0.1) is 0 Å². The zero-order chi connectivity index (χ0) is 12.1. The van der Waals surface area contributed by atoms with E-state index in [1.165, 1.54) is 17.0 Å². The van der Waals surface area contributed by atoms with Gasteiger partial charge in [-0.3, -0.25) is 0 Å². The van der Waals surface area contributed by atoms with Crippen molar-refractivity contribution in [2.75, 3.05) is 6.54 Å². The van der Waals surface area contributed by atoms with Crippen LogP contribution in [0.3, 0.4) is 0 Å². The number of hydrogen-bond acceptors (Lipinski definition) is 2. The lowest BCUT2D eigenvalue weighted by Gasteiger charge is -2.11. The fraction of sp³-hybridized carbons (Fsp3) is 0.286. The molecule has 0 aliphatic heterocycles. The molecule has 1 aromatic carbocycles. The molecule has 1 nitrogen and oxygen atoms in total. The monoisotopic (exact) mass is 249 g/mol. The highest BCUT2D eigenvalue weighted by atomic mass is 32.1. The van der Waals surface area contributed by atoms with Crippen molar-refractivity contribution in [1.82, 2.24) is 5.32 Å². The maximum Gasteiger partial charge on any atom is 0.123 e. The number of rotatable bonds is 5. The molecule has 0 spiro atoms. The quantitative estimate of drug-likeness (QED) is 0.850. The summed E-state index contributed by atoms with van der Waals surface area (Å²) in [5, 5.41) is 5.56. The second-order valence-corrected chi connectivity index (χ2v) is 5.05. The Balaban J connectivity index is 1.78. The van der Waals surface area contributed by atoms with Gasteiger partial charge in [0, 0.05) is 10.9 Å². The van der Waals surface area contributed by atoms with Gasteiger partial charge < -0.3 is 5.32 Å². The highest BCUT2D eigenvalue weighted by molar-refractivity contribution is 7.10. The molecule has 2 aromatic rings. The van der Waals surface area contributed by atoms with E-state index in [2.05, 4.69) is 29.8 Å². The lowest BCUT2D eigenvalue weighted by Crippen LogP contribution is -2.20. The van der Waals surface area contributed by atoms with Gasteiger partial charge in [-0.05, 0) is 49.0 Å². The van der Waals surface area contributed by atoms with Crippen LogP contribution in [0.1, 0.15) is 23.4 Å². The van der Waals surface area contributed by atoms with Gasteiger partial charge >= 0.3 is 0 Å². The Morgan fingerprint density at radius 2 is 2.00 bits per heavy atom. The molecule has 0 aliphatic carbocycles. The lowest BCUT2D eigenvalue weighted by atomic mass is 10.1. The lowest BCUT2D eigenvalue weighted by molar-refractivity contribution is 0.583. The van der Waals surface area contributed by atoms with Crippen LogP contribution < -0.4 is 5.32 Å². The molecule has 1 N–H and O–H groups in total. The Kier molecular flexibility index (Phi) is 4.29. The molecule has 0 aliphatic rings. The van der Waals surface area contributed by atoms with Crippen LogP contribution in [0.5, 0.6) is 0 Å². The highest BCUT2D eigenvalue weighted by Gasteiger charge is 2.04. The van der Waals surface area contributed by atoms with Gasteiger partial charge in [-0.15, -0.1) is 11.3 Å². The molecule has 1 aromatic heterocycles. The second-order valence-electron chi connectivity index (χ2n) is 4.07. The standard InChI is InChI=1S/C14H16FNS/c1-11(14-3-2-10-17-14)16-9-8-12-4-6-13(15)7-5-12/h2-7,10-11,16H,8-9H2,1H3. The molecule has 2 rings (SSSR count). The molecule has 0 radical (unpaired) electrons. The Morgan fingerprint density at radius 1 is 1.24 bits per heavy atom. The van der Waals surface area contributed by atoms with Crippen molar-refractivity contribution in [1.29, 1.82) is 0 Å². The molecule has 0 amide bonds. The van der Waals surface area contributed by atoms with Gasteiger partial charge in [0.1, 0.15) is 5.82 Å². The van der Waals surface area contributed by atoms with E-state index in [1.807, 2.05) is 12.1 Å². The molecule has 3 heteroatoms. The Morgan fingerprint density at radius 3 is 2.65 bits per heavy atom. The van der Waals surface area contributed by atoms with Crippen LogP contribution in [-0.4, -0.2) is 6.54 Å². The second kappa shape index (κ2) is 5.94. The summed E-state index contributed by atoms with van der Waals surface area (Å²) in [7, 11) is 0. The maximum absolute atomic E-state index is 12.7. The molecular weight excluding hydrogens is 233 g/mol. The molecule has 0 fully saturated rings. The Labute approximate surface area is 105 Å². The van der Waals surface area contributed by atoms with Gasteiger partial charge in [0.25, 0.3) is 0 Å². The minimum atomic E-state index is -0.173. The van der Waals surface area contributed by atoms with E-state index in [4.69, 9.17) is 0 Å². The molecule has 1 unspecified atom stereocenters. The van der Waals surface area contributed by atoms with E-state index in [1.54, 1.807) is 11.3 Å². The van der Waals surface area contributed by atoms with Crippen molar-refractivity contribution in [3.05, 3.63) is 58.0 Å². The van der Waals surface area contributed by atoms with E-state index in [-0.39, 0.29) is 5.82 Å². The zero-order valence-corrected chi connectivity index (χ0v) is 10.6. The summed E-state index contributed by atoms with van der Waals surface area (Å²) in [6.07, 6.45) is 0.927. The van der Waals surface area contributed by atoms with Crippen LogP contribution in [-0.2, 0) is 6.42 Å². The van der Waals surface area contributed by atoms with Crippen LogP contribution in [0.2, 0.25) is 0 Å². The predicted molar refractivity (Wildman–Crippen MR) is 70.8 cm³/mol. The summed E-state index contributed by atoms with van der Waals surface area (Å²) in [5.74, 6) is -0.173. The van der Waals surface area contributed by atoms with Crippen LogP contribution in [0, 0.1) is 5.82 Å². The van der Waals surface area contributed by atoms with Crippen LogP contribution in [0.15, 0.2) is 41.8 Å². The minimum Gasteiger partial charge on any atom is -0.309 e. The summed E-state index contributed by atoms with van der Waals surface area (Å²) in [5.41, 5.74) is 1.16. The average Bonchev–Trinajstić information content (AvgIpc) is 2.85. The molecule has 0 saturated heterocycles. The average molecular weight is 249 g/mol. The van der Waals surface area contributed by atoms with E-state index in [0.717, 1.165) is 18.5 Å². The van der Waals surface area contributed by atoms with Crippen molar-refractivity contribution in [2.45, 2.75) is 19.4 Å². The Bertz CT molecular complexity index is 436. The molecular formula is C14H16FNS. The van der Waals surface area contributed by atoms with Crippen LogP contribution in [0.4, 0.5) is 4.39 Å². The SMILES string of the molecule is CC(NCCc1ccc(F)cc1)c1cccs1. The number of nitrogens with one attached hydrogen (secondary N) is 1. The number of hydrogen-bond donors (Lipinski definition) is 1. The van der Waals surface area contributed by atoms with E-state index < -0.39 is 0 Å². The van der Waals surface area contributed by atoms with Gasteiger partial charge in [-0.25, -0.2) is 4.39 Å². The van der Waals surface area contributed by atoms with Gasteiger partial charge in [-0.1, -0.05) is 18.2 Å². The number of benzene rings is 1. The van der Waals surface area contributed by atoms with Gasteiger partial charge in [-0.2, -0.15) is 0 Å². The van der Waals surface area contributed by atoms with Gasteiger partial charge in [0.2, 0.25) is 0 Å². The molecule has 0 saturated carbocycles. The highest BCUT2D eigenvalue weighted by Crippen LogP contribution is 2.17. The number of halogens is 1. The van der Waals surface area contributed by atoms with E-state index in [0.29, 0.717) is 6.04 Å². The normalized spacial score (nSPS) is 12.6. The predicted octanol–water partition coefficient (Wildman–Crippen LogP) is 3.78. The van der Waals surface area contributed by atoms with Crippen molar-refractivity contribution in [2.24, 2.45) is 0 Å². The first kappa shape index (κ1) is 12.3. The summed E-state index contributed by atoms with van der Waals surface area (Å²) in [6.45, 7) is 3.07. The zero-order valence-electron chi connectivity index (χ0n) is 9.82. The fourth-order valence-corrected chi connectivity index (χ4v) is 2.48. The first-order valence-corrected chi connectivity index (χ1v) is 6.65. The number of thiophene rings is 1. The molecule has 17 heavy (non-hydrogen) atoms. The molecule has 1 atom stereocenters. The van der Waals surface area contributed by atoms with Crippen LogP contribution >= 0.6 is 11.3 Å². The third kappa shape index (κ3) is 3.65. The minimum absolute atomic E-state index is 0.173. The molecule has 90 valence electrons. The summed E-state index contributed by atoms with van der Waals surface area (Å²) in [6, 6.07) is 11.3. The molecule has 1 heterocycles. The van der Waals surface area contributed by atoms with Crippen molar-refractivity contribution < 1.29 is 4.39 Å². The third-order valence-corrected chi connectivity index (χ3v) is 3.80. The maximum atomic E-state index is 12.7. The summed E-state index contributed by atoms with van der Waals surface area (Å²) < 4.78 is 12.7. The first-order chi connectivity index (χ1) is 8.25. The van der Waals surface area contributed by atoms with Crippen molar-refractivity contribution in [3.63, 3.8) is 0 Å². The first-order valence-electron chi connectivity index (χ1n) is 5.77.